The van der Waals surface area contributed by atoms with E-state index in [4.69, 9.17) is 24.3 Å². The summed E-state index contributed by atoms with van der Waals surface area (Å²) in [5, 5.41) is 0. The van der Waals surface area contributed by atoms with Gasteiger partial charge in [0.1, 0.15) is 6.61 Å². The summed E-state index contributed by atoms with van der Waals surface area (Å²) in [6, 6.07) is 0. The molecule has 0 heterocycles. The largest absolute Gasteiger partial charge is 0.472 e. The lowest BCUT2D eigenvalue weighted by Gasteiger charge is -2.19. The first-order valence-corrected chi connectivity index (χ1v) is 20.6. The summed E-state index contributed by atoms with van der Waals surface area (Å²) in [7, 11) is -4.37. The van der Waals surface area contributed by atoms with E-state index >= 15 is 0 Å². The van der Waals surface area contributed by atoms with Crippen LogP contribution in [0, 0.1) is 0 Å². The van der Waals surface area contributed by atoms with E-state index in [9.17, 15) is 19.0 Å². The Morgan fingerprint density at radius 3 is 1.67 bits per heavy atom. The lowest BCUT2D eigenvalue weighted by molar-refractivity contribution is -0.161. The number of allylic oxidation sites excluding steroid dienone is 8. The molecule has 9 nitrogen and oxygen atoms in total. The van der Waals surface area contributed by atoms with E-state index in [2.05, 4.69) is 62.5 Å². The number of esters is 2. The van der Waals surface area contributed by atoms with Crippen molar-refractivity contribution in [3.05, 3.63) is 48.6 Å². The minimum Gasteiger partial charge on any atom is -0.462 e. The minimum atomic E-state index is -4.37. The third kappa shape index (κ3) is 35.6. The van der Waals surface area contributed by atoms with Gasteiger partial charge < -0.3 is 20.1 Å². The average molecular weight is 712 g/mol. The zero-order valence-corrected chi connectivity index (χ0v) is 31.8. The number of nitrogens with two attached hydrogens (primary N) is 1. The zero-order valence-electron chi connectivity index (χ0n) is 30.9. The quantitative estimate of drug-likeness (QED) is 0.0285. The van der Waals surface area contributed by atoms with E-state index in [1.807, 2.05) is 0 Å². The molecule has 0 saturated carbocycles. The van der Waals surface area contributed by atoms with Crippen LogP contribution in [0.2, 0.25) is 0 Å². The van der Waals surface area contributed by atoms with Crippen molar-refractivity contribution in [1.82, 2.24) is 0 Å². The predicted octanol–water partition coefficient (Wildman–Crippen LogP) is 10.4. The Morgan fingerprint density at radius 1 is 0.633 bits per heavy atom. The molecule has 49 heavy (non-hydrogen) atoms. The third-order valence-corrected chi connectivity index (χ3v) is 8.71. The van der Waals surface area contributed by atoms with E-state index in [0.717, 1.165) is 70.6 Å². The summed E-state index contributed by atoms with van der Waals surface area (Å²) in [4.78, 5) is 34.5. The van der Waals surface area contributed by atoms with Crippen LogP contribution in [0.5, 0.6) is 0 Å². The van der Waals surface area contributed by atoms with E-state index in [-0.39, 0.29) is 32.6 Å². The van der Waals surface area contributed by atoms with E-state index < -0.39 is 32.5 Å². The van der Waals surface area contributed by atoms with Crippen molar-refractivity contribution in [3.8, 4) is 0 Å². The summed E-state index contributed by atoms with van der Waals surface area (Å²) in [6.45, 7) is 3.54. The van der Waals surface area contributed by atoms with Crippen LogP contribution in [0.15, 0.2) is 48.6 Å². The maximum absolute atomic E-state index is 12.5. The fourth-order valence-corrected chi connectivity index (χ4v) is 5.68. The number of hydrogen-bond donors (Lipinski definition) is 2. The first-order valence-electron chi connectivity index (χ1n) is 19.1. The van der Waals surface area contributed by atoms with Crippen LogP contribution in [0.1, 0.15) is 155 Å². The van der Waals surface area contributed by atoms with Crippen molar-refractivity contribution in [2.45, 2.75) is 161 Å². The molecule has 10 heteroatoms. The normalized spacial score (nSPS) is 14.0. The Kier molecular flexibility index (Phi) is 34.3. The molecular formula is C39H70NO8P. The molecule has 0 aliphatic heterocycles. The number of ether oxygens (including phenoxy) is 2. The van der Waals surface area contributed by atoms with Gasteiger partial charge in [-0.25, -0.2) is 4.57 Å². The van der Waals surface area contributed by atoms with Gasteiger partial charge >= 0.3 is 19.8 Å². The Balaban J connectivity index is 4.12. The molecule has 0 radical (unpaired) electrons. The highest BCUT2D eigenvalue weighted by Gasteiger charge is 2.25. The van der Waals surface area contributed by atoms with Gasteiger partial charge in [0.25, 0.3) is 0 Å². The van der Waals surface area contributed by atoms with Crippen molar-refractivity contribution in [2.75, 3.05) is 26.4 Å². The number of rotatable bonds is 35. The van der Waals surface area contributed by atoms with E-state index in [1.54, 1.807) is 0 Å². The van der Waals surface area contributed by atoms with Crippen LogP contribution in [-0.2, 0) is 32.7 Å². The van der Waals surface area contributed by atoms with Gasteiger partial charge in [0, 0.05) is 19.4 Å². The Bertz CT molecular complexity index is 949. The first kappa shape index (κ1) is 47.0. The van der Waals surface area contributed by atoms with Gasteiger partial charge in [-0.2, -0.15) is 0 Å². The lowest BCUT2D eigenvalue weighted by atomic mass is 10.1. The van der Waals surface area contributed by atoms with Crippen molar-refractivity contribution < 1.29 is 37.6 Å². The molecule has 0 saturated heterocycles. The fraction of sp³-hybridized carbons (Fsp3) is 0.744. The third-order valence-electron chi connectivity index (χ3n) is 7.73. The van der Waals surface area contributed by atoms with Gasteiger partial charge in [0.2, 0.25) is 0 Å². The van der Waals surface area contributed by atoms with Gasteiger partial charge in [0.15, 0.2) is 6.10 Å². The van der Waals surface area contributed by atoms with Crippen LogP contribution < -0.4 is 5.73 Å². The Morgan fingerprint density at radius 2 is 1.12 bits per heavy atom. The molecule has 284 valence electrons. The predicted molar refractivity (Wildman–Crippen MR) is 201 cm³/mol. The summed E-state index contributed by atoms with van der Waals surface area (Å²) in [6.07, 6.45) is 38.8. The molecule has 0 bridgehead atoms. The lowest BCUT2D eigenvalue weighted by Crippen LogP contribution is -2.29. The first-order chi connectivity index (χ1) is 23.8. The number of phosphoric acid groups is 1. The maximum atomic E-state index is 12.5. The zero-order chi connectivity index (χ0) is 36.1. The molecule has 2 unspecified atom stereocenters. The van der Waals surface area contributed by atoms with Crippen LogP contribution in [0.25, 0.3) is 0 Å². The smallest absolute Gasteiger partial charge is 0.462 e. The SMILES string of the molecule is CC/C=C\C/C=C\C/C=C\C/C=C\CCCCCCCCCCC(=O)OC(COC(=O)CCCCCCCCC)COP(=O)(O)OCCN. The molecule has 2 atom stereocenters. The molecule has 0 aromatic rings. The van der Waals surface area contributed by atoms with Gasteiger partial charge in [-0.15, -0.1) is 0 Å². The highest BCUT2D eigenvalue weighted by molar-refractivity contribution is 7.47. The maximum Gasteiger partial charge on any atom is 0.472 e. The van der Waals surface area contributed by atoms with Gasteiger partial charge in [0.05, 0.1) is 13.2 Å². The van der Waals surface area contributed by atoms with Crippen LogP contribution >= 0.6 is 7.82 Å². The fourth-order valence-electron chi connectivity index (χ4n) is 4.92. The van der Waals surface area contributed by atoms with Gasteiger partial charge in [-0.3, -0.25) is 18.6 Å². The van der Waals surface area contributed by atoms with Gasteiger partial charge in [-0.1, -0.05) is 140 Å². The highest BCUT2D eigenvalue weighted by Crippen LogP contribution is 2.43. The molecular weight excluding hydrogens is 641 g/mol. The van der Waals surface area contributed by atoms with Gasteiger partial charge in [-0.05, 0) is 51.4 Å². The molecule has 0 aliphatic carbocycles. The number of carbonyl (C=O) groups is 2. The van der Waals surface area contributed by atoms with Crippen molar-refractivity contribution in [3.63, 3.8) is 0 Å². The molecule has 0 spiro atoms. The standard InChI is InChI=1S/C39H70NO8P/c1-3-5-7-9-11-12-13-14-15-16-17-18-19-20-21-22-23-24-26-28-30-32-39(42)48-37(36-47-49(43,44)46-34-33-40)35-45-38(41)31-29-27-25-10-8-6-4-2/h5,7,11-12,14-15,17-18,37H,3-4,6,8-10,13,16,19-36,40H2,1-2H3,(H,43,44)/b7-5-,12-11-,15-14-,18-17-. The molecule has 0 fully saturated rings. The van der Waals surface area contributed by atoms with Crippen LogP contribution in [0.3, 0.4) is 0 Å². The van der Waals surface area contributed by atoms with Crippen LogP contribution in [-0.4, -0.2) is 49.3 Å². The summed E-state index contributed by atoms with van der Waals surface area (Å²) >= 11 is 0. The van der Waals surface area contributed by atoms with Crippen molar-refractivity contribution in [2.24, 2.45) is 5.73 Å². The molecule has 0 aliphatic rings. The number of carbonyl (C=O) groups excluding carboxylic acids is 2. The Hall–Kier alpha value is -2.03. The van der Waals surface area contributed by atoms with E-state index in [1.165, 1.54) is 51.4 Å². The highest BCUT2D eigenvalue weighted by atomic mass is 31.2. The summed E-state index contributed by atoms with van der Waals surface area (Å²) in [5.74, 6) is -0.848. The second-order valence-corrected chi connectivity index (χ2v) is 13.9. The molecule has 3 N–H and O–H groups in total. The average Bonchev–Trinajstić information content (AvgIpc) is 3.08. The number of unbranched alkanes of at least 4 members (excludes halogenated alkanes) is 14. The Labute approximate surface area is 298 Å². The number of hydrogen-bond acceptors (Lipinski definition) is 8. The summed E-state index contributed by atoms with van der Waals surface area (Å²) in [5.41, 5.74) is 5.32. The minimum absolute atomic E-state index is 0.0508. The summed E-state index contributed by atoms with van der Waals surface area (Å²) < 4.78 is 32.5. The molecule has 0 rings (SSSR count). The number of phosphoric ester groups is 1. The molecule has 0 amide bonds. The van der Waals surface area contributed by atoms with Crippen molar-refractivity contribution >= 4 is 19.8 Å². The second-order valence-electron chi connectivity index (χ2n) is 12.4. The topological polar surface area (TPSA) is 134 Å². The molecule has 0 aromatic heterocycles. The second kappa shape index (κ2) is 35.8. The van der Waals surface area contributed by atoms with E-state index in [0.29, 0.717) is 6.42 Å². The van der Waals surface area contributed by atoms with Crippen LogP contribution in [0.4, 0.5) is 0 Å². The van der Waals surface area contributed by atoms with Crippen molar-refractivity contribution in [1.29, 1.82) is 0 Å². The molecule has 0 aromatic carbocycles. The monoisotopic (exact) mass is 711 g/mol.